The average Bonchev–Trinajstić information content (AvgIpc) is 3.42. The van der Waals surface area contributed by atoms with Crippen molar-refractivity contribution in [2.45, 2.75) is 58.2 Å². The van der Waals surface area contributed by atoms with E-state index in [2.05, 4.69) is 15.0 Å². The fourth-order valence-corrected chi connectivity index (χ4v) is 5.87. The van der Waals surface area contributed by atoms with Crippen molar-refractivity contribution < 1.29 is 14.6 Å². The topological polar surface area (TPSA) is 122 Å². The predicted octanol–water partition coefficient (Wildman–Crippen LogP) is 4.71. The lowest BCUT2D eigenvalue weighted by Gasteiger charge is -2.42. The summed E-state index contributed by atoms with van der Waals surface area (Å²) in [6, 6.07) is 5.17. The first kappa shape index (κ1) is 26.0. The summed E-state index contributed by atoms with van der Waals surface area (Å²) in [5.74, 6) is 0.757. The summed E-state index contributed by atoms with van der Waals surface area (Å²) >= 11 is 13.0. The Kier molecular flexibility index (Phi) is 6.50. The van der Waals surface area contributed by atoms with Gasteiger partial charge in [0.1, 0.15) is 12.0 Å². The van der Waals surface area contributed by atoms with E-state index in [1.165, 1.54) is 11.2 Å². The van der Waals surface area contributed by atoms with Crippen LogP contribution in [-0.2, 0) is 4.74 Å². The van der Waals surface area contributed by atoms with Gasteiger partial charge in [0.25, 0.3) is 0 Å². The Balaban J connectivity index is 1.68. The Morgan fingerprint density at radius 2 is 1.97 bits per heavy atom. The van der Waals surface area contributed by atoms with Gasteiger partial charge in [0, 0.05) is 35.6 Å². The lowest BCUT2D eigenvalue weighted by molar-refractivity contribution is 0.0974. The number of aromatic nitrogens is 4. The summed E-state index contributed by atoms with van der Waals surface area (Å²) in [5.41, 5.74) is 7.04. The molecule has 1 aromatic carbocycles. The van der Waals surface area contributed by atoms with Crippen molar-refractivity contribution in [3.63, 3.8) is 0 Å². The largest absolute Gasteiger partial charge is 0.465 e. The van der Waals surface area contributed by atoms with Gasteiger partial charge in [0.15, 0.2) is 17.3 Å². The van der Waals surface area contributed by atoms with Crippen molar-refractivity contribution in [1.82, 2.24) is 19.6 Å². The van der Waals surface area contributed by atoms with Crippen LogP contribution < -0.4 is 15.5 Å². The van der Waals surface area contributed by atoms with Gasteiger partial charge in [0.2, 0.25) is 0 Å². The summed E-state index contributed by atoms with van der Waals surface area (Å²) < 4.78 is 7.48. The SMILES string of the molecule is C[C@@H]1OCC2(CCN(c3nc(N(C(=O)O)C(C)(C)C)c(-c4cccc(Cl)c4Cl)n4ncnc34)CC2)[C@@H]1N. The highest BCUT2D eigenvalue weighted by Gasteiger charge is 2.48. The molecule has 0 unspecified atom stereocenters. The molecule has 2 fully saturated rings. The maximum atomic E-state index is 12.6. The van der Waals surface area contributed by atoms with Gasteiger partial charge in [-0.2, -0.15) is 5.10 Å². The summed E-state index contributed by atoms with van der Waals surface area (Å²) in [6.45, 7) is 9.45. The Bertz CT molecular complexity index is 1350. The second-order valence-corrected chi connectivity index (χ2v) is 11.7. The lowest BCUT2D eigenvalue weighted by atomic mass is 9.73. The number of amides is 1. The molecule has 1 amide bonds. The minimum absolute atomic E-state index is 0.0251. The number of nitrogens with zero attached hydrogens (tertiary/aromatic N) is 6. The molecule has 3 aromatic rings. The number of piperidine rings is 1. The van der Waals surface area contributed by atoms with Gasteiger partial charge in [-0.05, 0) is 46.6 Å². The summed E-state index contributed by atoms with van der Waals surface area (Å²) in [4.78, 5) is 25.5. The Labute approximate surface area is 225 Å². The van der Waals surface area contributed by atoms with Crippen molar-refractivity contribution >= 4 is 46.6 Å². The van der Waals surface area contributed by atoms with E-state index < -0.39 is 11.6 Å². The molecule has 198 valence electrons. The second-order valence-electron chi connectivity index (χ2n) is 10.9. The van der Waals surface area contributed by atoms with Crippen LogP contribution in [0.2, 0.25) is 10.0 Å². The number of fused-ring (bicyclic) bond motifs is 1. The zero-order valence-corrected chi connectivity index (χ0v) is 22.8. The van der Waals surface area contributed by atoms with Crippen LogP contribution in [-0.4, -0.2) is 68.2 Å². The van der Waals surface area contributed by atoms with E-state index in [-0.39, 0.29) is 28.4 Å². The quantitative estimate of drug-likeness (QED) is 0.483. The maximum Gasteiger partial charge on any atom is 0.413 e. The predicted molar refractivity (Wildman–Crippen MR) is 144 cm³/mol. The van der Waals surface area contributed by atoms with E-state index >= 15 is 0 Å². The molecular weight excluding hydrogens is 517 g/mol. The van der Waals surface area contributed by atoms with Crippen molar-refractivity contribution in [2.75, 3.05) is 29.5 Å². The maximum absolute atomic E-state index is 12.6. The molecule has 10 nitrogen and oxygen atoms in total. The molecule has 3 N–H and O–H groups in total. The monoisotopic (exact) mass is 547 g/mol. The zero-order chi connectivity index (χ0) is 26.7. The summed E-state index contributed by atoms with van der Waals surface area (Å²) in [5, 5.41) is 15.4. The first-order chi connectivity index (χ1) is 17.4. The van der Waals surface area contributed by atoms with Crippen LogP contribution in [0, 0.1) is 5.41 Å². The van der Waals surface area contributed by atoms with Gasteiger partial charge in [0.05, 0.1) is 22.8 Å². The molecule has 0 radical (unpaired) electrons. The van der Waals surface area contributed by atoms with Gasteiger partial charge in [-0.1, -0.05) is 35.3 Å². The van der Waals surface area contributed by atoms with Crippen molar-refractivity contribution in [1.29, 1.82) is 0 Å². The van der Waals surface area contributed by atoms with E-state index in [1.54, 1.807) is 22.7 Å². The molecule has 2 saturated heterocycles. The third kappa shape index (κ3) is 4.29. The van der Waals surface area contributed by atoms with Gasteiger partial charge in [-0.25, -0.2) is 19.3 Å². The smallest absolute Gasteiger partial charge is 0.413 e. The van der Waals surface area contributed by atoms with Crippen LogP contribution in [0.3, 0.4) is 0 Å². The number of carboxylic acid groups (broad SMARTS) is 1. The zero-order valence-electron chi connectivity index (χ0n) is 21.3. The van der Waals surface area contributed by atoms with Gasteiger partial charge in [-0.15, -0.1) is 0 Å². The summed E-state index contributed by atoms with van der Waals surface area (Å²) in [7, 11) is 0. The van der Waals surface area contributed by atoms with E-state index in [0.29, 0.717) is 47.4 Å². The molecule has 37 heavy (non-hydrogen) atoms. The molecule has 12 heteroatoms. The molecule has 0 bridgehead atoms. The number of carbonyl (C=O) groups is 1. The minimum atomic E-state index is -1.15. The number of nitrogens with two attached hydrogens (primary N) is 1. The van der Waals surface area contributed by atoms with Crippen LogP contribution in [0.15, 0.2) is 24.5 Å². The highest BCUT2D eigenvalue weighted by Crippen LogP contribution is 2.44. The molecule has 0 saturated carbocycles. The normalized spacial score (nSPS) is 21.6. The minimum Gasteiger partial charge on any atom is -0.465 e. The number of rotatable bonds is 3. The number of hydrogen-bond acceptors (Lipinski definition) is 7. The van der Waals surface area contributed by atoms with E-state index in [4.69, 9.17) is 38.7 Å². The molecule has 0 aliphatic carbocycles. The molecule has 5 rings (SSSR count). The third-order valence-electron chi connectivity index (χ3n) is 7.57. The molecule has 4 heterocycles. The van der Waals surface area contributed by atoms with E-state index in [9.17, 15) is 9.90 Å². The van der Waals surface area contributed by atoms with E-state index in [1.807, 2.05) is 27.7 Å². The number of halogens is 2. The Morgan fingerprint density at radius 3 is 2.57 bits per heavy atom. The highest BCUT2D eigenvalue weighted by molar-refractivity contribution is 6.43. The molecule has 2 atom stereocenters. The molecular formula is C25H31Cl2N7O3. The first-order valence-corrected chi connectivity index (χ1v) is 13.0. The molecule has 2 aliphatic rings. The second kappa shape index (κ2) is 9.27. The number of ether oxygens (including phenoxy) is 1. The molecule has 2 aliphatic heterocycles. The van der Waals surface area contributed by atoms with Gasteiger partial charge < -0.3 is 20.5 Å². The molecule has 2 aromatic heterocycles. The standard InChI is InChI=1S/C25H31Cl2N7O3/c1-14-19(28)25(12-37-14)8-10-32(11-9-25)22-21-29-13-30-34(21)18(15-6-5-7-16(26)17(15)27)20(31-22)33(23(35)36)24(2,3)4/h5-7,13-14,19H,8-12,28H2,1-4H3,(H,35,36)/t14-,19+/m0/s1. The average molecular weight is 548 g/mol. The van der Waals surface area contributed by atoms with Gasteiger partial charge >= 0.3 is 6.09 Å². The van der Waals surface area contributed by atoms with Crippen molar-refractivity contribution in [3.05, 3.63) is 34.6 Å². The van der Waals surface area contributed by atoms with Crippen LogP contribution in [0.5, 0.6) is 0 Å². The van der Waals surface area contributed by atoms with Crippen LogP contribution >= 0.6 is 23.2 Å². The fourth-order valence-electron chi connectivity index (χ4n) is 5.48. The van der Waals surface area contributed by atoms with E-state index in [0.717, 1.165) is 12.8 Å². The third-order valence-corrected chi connectivity index (χ3v) is 8.39. The number of anilines is 2. The van der Waals surface area contributed by atoms with Gasteiger partial charge in [-0.3, -0.25) is 4.90 Å². The number of hydrogen-bond donors (Lipinski definition) is 2. The summed E-state index contributed by atoms with van der Waals surface area (Å²) in [6.07, 6.45) is 1.98. The van der Waals surface area contributed by atoms with Crippen LogP contribution in [0.25, 0.3) is 16.9 Å². The first-order valence-electron chi connectivity index (χ1n) is 12.3. The fraction of sp³-hybridized carbons (Fsp3) is 0.520. The van der Waals surface area contributed by atoms with Crippen LogP contribution in [0.4, 0.5) is 16.4 Å². The highest BCUT2D eigenvalue weighted by atomic mass is 35.5. The van der Waals surface area contributed by atoms with Crippen molar-refractivity contribution in [2.24, 2.45) is 11.1 Å². The lowest BCUT2D eigenvalue weighted by Crippen LogP contribution is -2.51. The number of benzene rings is 1. The molecule has 1 spiro atoms. The van der Waals surface area contributed by atoms with Crippen molar-refractivity contribution in [3.8, 4) is 11.3 Å². The Hall–Kier alpha value is -2.66. The Morgan fingerprint density at radius 1 is 1.27 bits per heavy atom. The van der Waals surface area contributed by atoms with Crippen LogP contribution in [0.1, 0.15) is 40.5 Å².